The summed E-state index contributed by atoms with van der Waals surface area (Å²) < 4.78 is 10.7. The van der Waals surface area contributed by atoms with Crippen LogP contribution in [0, 0.1) is 0 Å². The highest BCUT2D eigenvalue weighted by molar-refractivity contribution is 5.75. The Kier molecular flexibility index (Phi) is 4.72. The molecule has 0 bridgehead atoms. The van der Waals surface area contributed by atoms with Crippen LogP contribution in [0.4, 0.5) is 0 Å². The minimum atomic E-state index is -0.544. The second kappa shape index (κ2) is 7.48. The zero-order chi connectivity index (χ0) is 19.5. The molecule has 3 heterocycles. The molecule has 0 saturated heterocycles. The predicted molar refractivity (Wildman–Crippen MR) is 104 cm³/mol. The summed E-state index contributed by atoms with van der Waals surface area (Å²) in [5.41, 5.74) is 2.53. The fourth-order valence-electron chi connectivity index (χ4n) is 3.00. The third-order valence-electron chi connectivity index (χ3n) is 4.35. The van der Waals surface area contributed by atoms with Gasteiger partial charge in [0.2, 0.25) is 5.71 Å². The molecule has 0 aliphatic rings. The molecule has 0 fully saturated rings. The lowest BCUT2D eigenvalue weighted by Crippen LogP contribution is -2.15. The van der Waals surface area contributed by atoms with Crippen LogP contribution in [0.2, 0.25) is 0 Å². The number of benzene rings is 1. The monoisotopic (exact) mass is 375 g/mol. The third-order valence-corrected chi connectivity index (χ3v) is 4.35. The number of nitrogens with one attached hydrogen (secondary N) is 1. The van der Waals surface area contributed by atoms with Gasteiger partial charge in [-0.15, -0.1) is 0 Å². The van der Waals surface area contributed by atoms with Gasteiger partial charge < -0.3 is 9.15 Å². The van der Waals surface area contributed by atoms with Gasteiger partial charge in [-0.1, -0.05) is 31.2 Å². The van der Waals surface area contributed by atoms with Gasteiger partial charge in [-0.25, -0.2) is 4.79 Å². The van der Waals surface area contributed by atoms with Gasteiger partial charge in [0.25, 0.3) is 11.6 Å². The number of H-pyrrole nitrogens is 1. The number of ether oxygens (including phenoxy) is 1. The maximum atomic E-state index is 12.4. The van der Waals surface area contributed by atoms with Crippen LogP contribution in [0.3, 0.4) is 0 Å². The molecule has 0 saturated carbocycles. The quantitative estimate of drug-likeness (QED) is 0.576. The maximum Gasteiger partial charge on any atom is 0.337 e. The lowest BCUT2D eigenvalue weighted by molar-refractivity contribution is 0.279. The van der Waals surface area contributed by atoms with Crippen molar-refractivity contribution >= 4 is 11.1 Å². The first-order valence-electron chi connectivity index (χ1n) is 8.83. The normalized spacial score (nSPS) is 10.9. The lowest BCUT2D eigenvalue weighted by Gasteiger charge is -2.08. The number of pyridine rings is 1. The van der Waals surface area contributed by atoms with E-state index in [0.717, 1.165) is 16.7 Å². The number of rotatable bonds is 5. The van der Waals surface area contributed by atoms with E-state index >= 15 is 0 Å². The molecule has 7 nitrogen and oxygen atoms in total. The standard InChI is InChI=1S/C21H17N3O4/c1-2-14-10-17(25)28-20-18(14)19(26)23-21(24-20)27-12-13-5-3-6-15(9-13)16-7-4-8-22-11-16/h3-11H,2,12H2,1H3,(H,23,24,26). The molecule has 1 aromatic carbocycles. The van der Waals surface area contributed by atoms with Crippen LogP contribution >= 0.6 is 0 Å². The van der Waals surface area contributed by atoms with Gasteiger partial charge in [0, 0.05) is 18.5 Å². The average molecular weight is 375 g/mol. The molecule has 4 aromatic rings. The van der Waals surface area contributed by atoms with E-state index < -0.39 is 11.2 Å². The highest BCUT2D eigenvalue weighted by Gasteiger charge is 2.12. The fraction of sp³-hybridized carbons (Fsp3) is 0.143. The van der Waals surface area contributed by atoms with E-state index in [4.69, 9.17) is 9.15 Å². The van der Waals surface area contributed by atoms with Crippen LogP contribution in [0.5, 0.6) is 6.01 Å². The minimum Gasteiger partial charge on any atom is -0.460 e. The van der Waals surface area contributed by atoms with Crippen molar-refractivity contribution in [1.82, 2.24) is 15.0 Å². The summed E-state index contributed by atoms with van der Waals surface area (Å²) in [7, 11) is 0. The SMILES string of the molecule is CCc1cc(=O)oc2nc(OCc3cccc(-c4cccnc4)c3)[nH]c(=O)c12. The van der Waals surface area contributed by atoms with Gasteiger partial charge in [0.15, 0.2) is 0 Å². The summed E-state index contributed by atoms with van der Waals surface area (Å²) in [5, 5.41) is 0.271. The summed E-state index contributed by atoms with van der Waals surface area (Å²) in [5.74, 6) is 0. The van der Waals surface area contributed by atoms with Crippen molar-refractivity contribution in [3.05, 3.63) is 86.8 Å². The number of aromatic nitrogens is 3. The van der Waals surface area contributed by atoms with Crippen LogP contribution in [-0.2, 0) is 13.0 Å². The number of aryl methyl sites for hydroxylation is 1. The molecule has 0 aliphatic heterocycles. The molecule has 0 atom stereocenters. The van der Waals surface area contributed by atoms with E-state index in [1.54, 1.807) is 12.4 Å². The minimum absolute atomic E-state index is 0.000633. The summed E-state index contributed by atoms with van der Waals surface area (Å²) >= 11 is 0. The highest BCUT2D eigenvalue weighted by Crippen LogP contribution is 2.20. The molecule has 0 aliphatic carbocycles. The van der Waals surface area contributed by atoms with Crippen molar-refractivity contribution in [3.63, 3.8) is 0 Å². The Morgan fingerprint density at radius 1 is 1.11 bits per heavy atom. The van der Waals surface area contributed by atoms with Gasteiger partial charge in [-0.3, -0.25) is 14.8 Å². The van der Waals surface area contributed by atoms with Crippen LogP contribution in [0.15, 0.2) is 68.9 Å². The molecule has 0 amide bonds. The number of aromatic amines is 1. The van der Waals surface area contributed by atoms with Crippen molar-refractivity contribution < 1.29 is 9.15 Å². The number of hydrogen-bond donors (Lipinski definition) is 1. The summed E-state index contributed by atoms with van der Waals surface area (Å²) in [6, 6.07) is 13.0. The van der Waals surface area contributed by atoms with Crippen molar-refractivity contribution in [2.24, 2.45) is 0 Å². The topological polar surface area (TPSA) is 98.1 Å². The molecule has 0 radical (unpaired) electrons. The number of fused-ring (bicyclic) bond motifs is 1. The van der Waals surface area contributed by atoms with Crippen LogP contribution in [0.1, 0.15) is 18.1 Å². The third kappa shape index (κ3) is 3.55. The van der Waals surface area contributed by atoms with Gasteiger partial charge in [-0.2, -0.15) is 4.98 Å². The van der Waals surface area contributed by atoms with E-state index in [1.165, 1.54) is 6.07 Å². The van der Waals surface area contributed by atoms with Crippen LogP contribution in [-0.4, -0.2) is 15.0 Å². The van der Waals surface area contributed by atoms with E-state index in [9.17, 15) is 9.59 Å². The first-order chi connectivity index (χ1) is 13.6. The van der Waals surface area contributed by atoms with Crippen LogP contribution < -0.4 is 15.9 Å². The van der Waals surface area contributed by atoms with Gasteiger partial charge in [0.05, 0.1) is 0 Å². The van der Waals surface area contributed by atoms with Crippen molar-refractivity contribution in [1.29, 1.82) is 0 Å². The highest BCUT2D eigenvalue weighted by atomic mass is 16.5. The molecule has 1 N–H and O–H groups in total. The van der Waals surface area contributed by atoms with Gasteiger partial charge >= 0.3 is 5.63 Å². The maximum absolute atomic E-state index is 12.4. The Morgan fingerprint density at radius 2 is 1.96 bits per heavy atom. The molecule has 4 rings (SSSR count). The zero-order valence-corrected chi connectivity index (χ0v) is 15.1. The zero-order valence-electron chi connectivity index (χ0n) is 15.1. The Hall–Kier alpha value is -3.74. The molecular weight excluding hydrogens is 358 g/mol. The number of nitrogens with zero attached hydrogens (tertiary/aromatic N) is 2. The summed E-state index contributed by atoms with van der Waals surface area (Å²) in [6.07, 6.45) is 4.03. The smallest absolute Gasteiger partial charge is 0.337 e. The van der Waals surface area contributed by atoms with Crippen molar-refractivity contribution in [2.45, 2.75) is 20.0 Å². The van der Waals surface area contributed by atoms with E-state index in [2.05, 4.69) is 15.0 Å². The molecule has 28 heavy (non-hydrogen) atoms. The first kappa shape index (κ1) is 17.7. The molecule has 7 heteroatoms. The Labute approximate surface area is 159 Å². The van der Waals surface area contributed by atoms with E-state index in [-0.39, 0.29) is 23.7 Å². The Bertz CT molecular complexity index is 1250. The summed E-state index contributed by atoms with van der Waals surface area (Å²) in [6.45, 7) is 2.05. The second-order valence-corrected chi connectivity index (χ2v) is 6.23. The van der Waals surface area contributed by atoms with Crippen molar-refractivity contribution in [3.8, 4) is 17.1 Å². The molecule has 140 valence electrons. The molecule has 0 spiro atoms. The molecule has 3 aromatic heterocycles. The number of hydrogen-bond acceptors (Lipinski definition) is 6. The average Bonchev–Trinajstić information content (AvgIpc) is 2.72. The largest absolute Gasteiger partial charge is 0.460 e. The second-order valence-electron chi connectivity index (χ2n) is 6.23. The fourth-order valence-corrected chi connectivity index (χ4v) is 3.00. The Balaban J connectivity index is 1.61. The summed E-state index contributed by atoms with van der Waals surface area (Å²) in [4.78, 5) is 34.9. The van der Waals surface area contributed by atoms with E-state index in [1.807, 2.05) is 43.3 Å². The lowest BCUT2D eigenvalue weighted by atomic mass is 10.1. The first-order valence-corrected chi connectivity index (χ1v) is 8.83. The molecular formula is C21H17N3O4. The predicted octanol–water partition coefficient (Wildman–Crippen LogP) is 3.08. The van der Waals surface area contributed by atoms with Crippen molar-refractivity contribution in [2.75, 3.05) is 0 Å². The molecule has 0 unspecified atom stereocenters. The van der Waals surface area contributed by atoms with E-state index in [0.29, 0.717) is 12.0 Å². The van der Waals surface area contributed by atoms with Gasteiger partial charge in [0.1, 0.15) is 12.0 Å². The van der Waals surface area contributed by atoms with Gasteiger partial charge in [-0.05, 0) is 40.8 Å². The van der Waals surface area contributed by atoms with Crippen LogP contribution in [0.25, 0.3) is 22.2 Å². The Morgan fingerprint density at radius 3 is 2.75 bits per heavy atom.